The molecule has 2 aromatic heterocycles. The van der Waals surface area contributed by atoms with Gasteiger partial charge in [-0.2, -0.15) is 0 Å². The molecular weight excluding hydrogens is 444 g/mol. The molecule has 3 aromatic rings. The summed E-state index contributed by atoms with van der Waals surface area (Å²) in [6, 6.07) is 10.1. The van der Waals surface area contributed by atoms with Crippen molar-refractivity contribution in [2.24, 2.45) is 0 Å². The minimum Gasteiger partial charge on any atom is -0.268 e. The number of rotatable bonds is 13. The van der Waals surface area contributed by atoms with Crippen molar-refractivity contribution in [2.75, 3.05) is 5.75 Å². The lowest BCUT2D eigenvalue weighted by Crippen LogP contribution is -2.22. The molecule has 0 unspecified atom stereocenters. The highest BCUT2D eigenvalue weighted by molar-refractivity contribution is 7.99. The largest absolute Gasteiger partial charge is 0.268 e. The topological polar surface area (TPSA) is 34.9 Å². The molecule has 0 bridgehead atoms. The first-order valence-electron chi connectivity index (χ1n) is 13.0. The highest BCUT2D eigenvalue weighted by Gasteiger charge is 2.22. The van der Waals surface area contributed by atoms with Crippen molar-refractivity contribution in [3.05, 3.63) is 51.1 Å². The Morgan fingerprint density at radius 1 is 0.909 bits per heavy atom. The van der Waals surface area contributed by atoms with E-state index in [0.29, 0.717) is 0 Å². The minimum absolute atomic E-state index is 0.121. The van der Waals surface area contributed by atoms with Crippen molar-refractivity contribution >= 4 is 33.3 Å². The maximum Gasteiger partial charge on any atom is 0.267 e. The number of hydrogen-bond donors (Lipinski definition) is 0. The van der Waals surface area contributed by atoms with E-state index in [2.05, 4.69) is 6.92 Å². The van der Waals surface area contributed by atoms with Gasteiger partial charge in [-0.15, -0.1) is 11.3 Å². The van der Waals surface area contributed by atoms with Crippen molar-refractivity contribution in [3.63, 3.8) is 0 Å². The molecule has 0 radical (unpaired) electrons. The second kappa shape index (κ2) is 12.8. The monoisotopic (exact) mass is 482 g/mol. The van der Waals surface area contributed by atoms with E-state index < -0.39 is 0 Å². The lowest BCUT2D eigenvalue weighted by molar-refractivity contribution is 0.563. The van der Waals surface area contributed by atoms with Gasteiger partial charge >= 0.3 is 0 Å². The van der Waals surface area contributed by atoms with E-state index in [-0.39, 0.29) is 5.56 Å². The van der Waals surface area contributed by atoms with Crippen LogP contribution in [0.25, 0.3) is 15.9 Å². The van der Waals surface area contributed by atoms with Crippen LogP contribution in [-0.4, -0.2) is 15.3 Å². The Morgan fingerprint density at radius 3 is 2.30 bits per heavy atom. The predicted molar refractivity (Wildman–Crippen MR) is 144 cm³/mol. The summed E-state index contributed by atoms with van der Waals surface area (Å²) >= 11 is 3.51. The molecule has 1 aliphatic rings. The van der Waals surface area contributed by atoms with E-state index >= 15 is 0 Å². The lowest BCUT2D eigenvalue weighted by Gasteiger charge is -2.13. The van der Waals surface area contributed by atoms with Gasteiger partial charge in [0.15, 0.2) is 5.16 Å². The Bertz CT molecular complexity index is 1070. The highest BCUT2D eigenvalue weighted by Crippen LogP contribution is 2.35. The summed E-state index contributed by atoms with van der Waals surface area (Å²) in [4.78, 5) is 21.1. The van der Waals surface area contributed by atoms with Crippen molar-refractivity contribution in [2.45, 2.75) is 102 Å². The molecule has 5 heteroatoms. The van der Waals surface area contributed by atoms with Gasteiger partial charge in [-0.3, -0.25) is 9.36 Å². The van der Waals surface area contributed by atoms with Gasteiger partial charge in [-0.25, -0.2) is 4.98 Å². The van der Waals surface area contributed by atoms with Crippen molar-refractivity contribution in [1.82, 2.24) is 9.55 Å². The predicted octanol–water partition coefficient (Wildman–Crippen LogP) is 8.34. The first kappa shape index (κ1) is 24.5. The molecule has 0 aliphatic heterocycles. The lowest BCUT2D eigenvalue weighted by atomic mass is 9.97. The first-order chi connectivity index (χ1) is 16.3. The van der Waals surface area contributed by atoms with E-state index in [0.717, 1.165) is 39.7 Å². The van der Waals surface area contributed by atoms with Gasteiger partial charge in [-0.05, 0) is 49.8 Å². The van der Waals surface area contributed by atoms with Crippen LogP contribution in [0.4, 0.5) is 0 Å². The van der Waals surface area contributed by atoms with E-state index in [1.165, 1.54) is 87.5 Å². The van der Waals surface area contributed by atoms with Gasteiger partial charge < -0.3 is 0 Å². The second-order valence-corrected chi connectivity index (χ2v) is 11.4. The van der Waals surface area contributed by atoms with Crippen molar-refractivity contribution in [3.8, 4) is 5.69 Å². The van der Waals surface area contributed by atoms with Crippen LogP contribution in [0.5, 0.6) is 0 Å². The molecule has 0 atom stereocenters. The average molecular weight is 483 g/mol. The zero-order valence-electron chi connectivity index (χ0n) is 20.1. The van der Waals surface area contributed by atoms with Gasteiger partial charge in [0.05, 0.1) is 11.1 Å². The van der Waals surface area contributed by atoms with E-state index in [9.17, 15) is 4.79 Å². The summed E-state index contributed by atoms with van der Waals surface area (Å²) < 4.78 is 1.87. The summed E-state index contributed by atoms with van der Waals surface area (Å²) in [7, 11) is 0. The number of thioether (sulfide) groups is 1. The van der Waals surface area contributed by atoms with Crippen LogP contribution >= 0.6 is 23.1 Å². The Balaban J connectivity index is 1.40. The molecule has 0 N–H and O–H groups in total. The van der Waals surface area contributed by atoms with Crippen molar-refractivity contribution in [1.29, 1.82) is 0 Å². The molecule has 3 nitrogen and oxygen atoms in total. The van der Waals surface area contributed by atoms with Crippen LogP contribution in [0, 0.1) is 0 Å². The van der Waals surface area contributed by atoms with Gasteiger partial charge in [0, 0.05) is 10.6 Å². The van der Waals surface area contributed by atoms with Crippen LogP contribution in [0.1, 0.15) is 94.4 Å². The number of aryl methyl sites for hydroxylation is 2. The number of nitrogens with zero attached hydrogens (tertiary/aromatic N) is 2. The van der Waals surface area contributed by atoms with Crippen LogP contribution in [0.15, 0.2) is 40.3 Å². The van der Waals surface area contributed by atoms with Gasteiger partial charge in [0.1, 0.15) is 4.83 Å². The maximum absolute atomic E-state index is 13.7. The average Bonchev–Trinajstić information content (AvgIpc) is 3.22. The van der Waals surface area contributed by atoms with E-state index in [4.69, 9.17) is 4.98 Å². The van der Waals surface area contributed by atoms with Crippen molar-refractivity contribution < 1.29 is 0 Å². The van der Waals surface area contributed by atoms with Crippen LogP contribution in [0.3, 0.4) is 0 Å². The molecule has 2 heterocycles. The molecule has 1 aliphatic carbocycles. The summed E-state index contributed by atoms with van der Waals surface area (Å²) in [6.45, 7) is 2.28. The van der Waals surface area contributed by atoms with Crippen LogP contribution < -0.4 is 5.56 Å². The molecule has 1 aromatic carbocycles. The Labute approximate surface area is 207 Å². The fourth-order valence-electron chi connectivity index (χ4n) is 4.84. The summed E-state index contributed by atoms with van der Waals surface area (Å²) in [5.74, 6) is 1.02. The molecule has 0 spiro atoms. The summed E-state index contributed by atoms with van der Waals surface area (Å²) in [5.41, 5.74) is 2.32. The second-order valence-electron chi connectivity index (χ2n) is 9.29. The Morgan fingerprint density at radius 2 is 1.58 bits per heavy atom. The number of benzene rings is 1. The smallest absolute Gasteiger partial charge is 0.267 e. The zero-order chi connectivity index (χ0) is 22.9. The molecule has 0 fully saturated rings. The van der Waals surface area contributed by atoms with Gasteiger partial charge in [-0.1, -0.05) is 94.7 Å². The molecule has 4 rings (SSSR count). The Kier molecular flexibility index (Phi) is 9.48. The van der Waals surface area contributed by atoms with E-state index in [1.54, 1.807) is 23.1 Å². The highest BCUT2D eigenvalue weighted by atomic mass is 32.2. The number of unbranched alkanes of at least 4 members (excludes halogenated alkanes) is 9. The fourth-order valence-corrected chi connectivity index (χ4v) is 7.15. The number of thiophene rings is 1. The molecule has 0 saturated carbocycles. The SMILES string of the molecule is CCCCCCCCCCCCSc1nc2sc3c(c2c(=O)n1-c1ccccc1)CCCC3. The molecule has 33 heavy (non-hydrogen) atoms. The number of aromatic nitrogens is 2. The third-order valence-corrected chi connectivity index (χ3v) is 8.91. The van der Waals surface area contributed by atoms with Gasteiger partial charge in [0.2, 0.25) is 0 Å². The molecule has 0 saturated heterocycles. The summed E-state index contributed by atoms with van der Waals surface area (Å²) in [5, 5.41) is 1.73. The number of fused-ring (bicyclic) bond motifs is 3. The fraction of sp³-hybridized carbons (Fsp3) is 0.571. The zero-order valence-corrected chi connectivity index (χ0v) is 21.7. The maximum atomic E-state index is 13.7. The number of para-hydroxylation sites is 1. The van der Waals surface area contributed by atoms with E-state index in [1.807, 2.05) is 34.9 Å². The molecule has 0 amide bonds. The standard InChI is InChI=1S/C28H38N2OS2/c1-2-3-4-5-6-7-8-9-10-16-21-32-28-29-26-25(23-19-14-15-20-24(23)33-26)27(31)30(28)22-17-12-11-13-18-22/h11-13,17-18H,2-10,14-16,19-21H2,1H3. The summed E-state index contributed by atoms with van der Waals surface area (Å²) in [6.07, 6.45) is 18.0. The molecule has 178 valence electrons. The minimum atomic E-state index is 0.121. The first-order valence-corrected chi connectivity index (χ1v) is 14.9. The Hall–Kier alpha value is -1.59. The van der Waals surface area contributed by atoms with Crippen LogP contribution in [-0.2, 0) is 12.8 Å². The molecular formula is C28H38N2OS2. The van der Waals surface area contributed by atoms with Crippen LogP contribution in [0.2, 0.25) is 0 Å². The third kappa shape index (κ3) is 6.30. The quantitative estimate of drug-likeness (QED) is 0.139. The van der Waals surface area contributed by atoms with Gasteiger partial charge in [0.25, 0.3) is 5.56 Å². The normalized spacial score (nSPS) is 13.5. The number of hydrogen-bond acceptors (Lipinski definition) is 4. The third-order valence-electron chi connectivity index (χ3n) is 6.70.